The molecule has 0 unspecified atom stereocenters. The number of carbonyl (C=O) groups is 1. The minimum absolute atomic E-state index is 0.164. The number of rotatable bonds is 5. The van der Waals surface area contributed by atoms with Crippen LogP contribution < -0.4 is 10.6 Å². The molecule has 7 heteroatoms. The summed E-state index contributed by atoms with van der Waals surface area (Å²) < 4.78 is 0. The minimum Gasteiger partial charge on any atom is -0.369 e. The fourth-order valence-corrected chi connectivity index (χ4v) is 3.44. The van der Waals surface area contributed by atoms with Crippen LogP contribution in [0, 0.1) is 0 Å². The molecule has 138 valence electrons. The topological polar surface area (TPSA) is 91.1 Å². The second kappa shape index (κ2) is 7.59. The predicted molar refractivity (Wildman–Crippen MR) is 104 cm³/mol. The molecule has 0 saturated carbocycles. The van der Waals surface area contributed by atoms with E-state index in [1.807, 2.05) is 12.1 Å². The summed E-state index contributed by atoms with van der Waals surface area (Å²) in [5.74, 6) is -0.586. The molecule has 1 aliphatic rings. The van der Waals surface area contributed by atoms with Crippen molar-refractivity contribution in [2.24, 2.45) is 5.73 Å². The molecule has 1 saturated heterocycles. The second-order valence-corrected chi connectivity index (χ2v) is 6.68. The van der Waals surface area contributed by atoms with E-state index in [0.29, 0.717) is 5.69 Å². The van der Waals surface area contributed by atoms with Crippen LogP contribution in [0.2, 0.25) is 0 Å². The Morgan fingerprint density at radius 3 is 2.33 bits per heavy atom. The summed E-state index contributed by atoms with van der Waals surface area (Å²) in [6.07, 6.45) is 0. The van der Waals surface area contributed by atoms with Crippen molar-refractivity contribution in [3.8, 4) is 11.3 Å². The first kappa shape index (κ1) is 17.2. The molecule has 4 rings (SSSR count). The normalized spacial score (nSPS) is 15.0. The van der Waals surface area contributed by atoms with Crippen molar-refractivity contribution in [1.82, 2.24) is 20.3 Å². The number of piperazine rings is 1. The lowest BCUT2D eigenvalue weighted by Crippen LogP contribution is -2.45. The monoisotopic (exact) mass is 362 g/mol. The van der Waals surface area contributed by atoms with Crippen LogP contribution in [0.25, 0.3) is 11.3 Å². The van der Waals surface area contributed by atoms with E-state index in [-0.39, 0.29) is 5.69 Å². The number of hydrogen-bond donors (Lipinski definition) is 2. The van der Waals surface area contributed by atoms with Crippen LogP contribution in [-0.4, -0.2) is 52.4 Å². The highest BCUT2D eigenvalue weighted by Gasteiger charge is 2.19. The highest BCUT2D eigenvalue weighted by molar-refractivity contribution is 5.96. The van der Waals surface area contributed by atoms with Crippen LogP contribution in [-0.2, 0) is 6.54 Å². The number of benzene rings is 2. The molecular weight excluding hydrogens is 340 g/mol. The molecule has 27 heavy (non-hydrogen) atoms. The van der Waals surface area contributed by atoms with E-state index in [1.165, 1.54) is 11.3 Å². The molecule has 3 aromatic rings. The van der Waals surface area contributed by atoms with Gasteiger partial charge < -0.3 is 10.6 Å². The minimum atomic E-state index is -0.586. The van der Waals surface area contributed by atoms with Gasteiger partial charge in [0, 0.05) is 44.0 Å². The summed E-state index contributed by atoms with van der Waals surface area (Å²) in [5.41, 5.74) is 9.34. The average molecular weight is 362 g/mol. The van der Waals surface area contributed by atoms with Gasteiger partial charge in [0.15, 0.2) is 5.69 Å². The lowest BCUT2D eigenvalue weighted by Gasteiger charge is -2.36. The van der Waals surface area contributed by atoms with Crippen molar-refractivity contribution < 1.29 is 4.79 Å². The number of aromatic amines is 1. The SMILES string of the molecule is NC(=O)c1n[nH]nc1-c1ccc(N2CCN(Cc3ccccc3)CC2)cc1. The summed E-state index contributed by atoms with van der Waals surface area (Å²) in [6, 6.07) is 18.6. The van der Waals surface area contributed by atoms with Gasteiger partial charge in [-0.05, 0) is 17.7 Å². The third-order valence-corrected chi connectivity index (χ3v) is 4.91. The maximum Gasteiger partial charge on any atom is 0.271 e. The van der Waals surface area contributed by atoms with Gasteiger partial charge in [-0.15, -0.1) is 0 Å². The molecule has 0 spiro atoms. The molecule has 0 bridgehead atoms. The van der Waals surface area contributed by atoms with E-state index in [0.717, 1.165) is 38.3 Å². The highest BCUT2D eigenvalue weighted by atomic mass is 16.1. The zero-order valence-electron chi connectivity index (χ0n) is 15.0. The third kappa shape index (κ3) is 3.83. The van der Waals surface area contributed by atoms with Gasteiger partial charge in [-0.25, -0.2) is 0 Å². The summed E-state index contributed by atoms with van der Waals surface area (Å²) in [5, 5.41) is 10.3. The highest BCUT2D eigenvalue weighted by Crippen LogP contribution is 2.24. The maximum atomic E-state index is 11.4. The van der Waals surface area contributed by atoms with Gasteiger partial charge in [0.25, 0.3) is 5.91 Å². The van der Waals surface area contributed by atoms with E-state index in [1.54, 1.807) is 0 Å². The third-order valence-electron chi connectivity index (χ3n) is 4.91. The summed E-state index contributed by atoms with van der Waals surface area (Å²) in [7, 11) is 0. The number of anilines is 1. The number of nitrogens with zero attached hydrogens (tertiary/aromatic N) is 4. The van der Waals surface area contributed by atoms with Gasteiger partial charge >= 0.3 is 0 Å². The molecule has 3 N–H and O–H groups in total. The summed E-state index contributed by atoms with van der Waals surface area (Å²) >= 11 is 0. The second-order valence-electron chi connectivity index (χ2n) is 6.68. The molecule has 0 aliphatic carbocycles. The molecule has 1 amide bonds. The largest absolute Gasteiger partial charge is 0.369 e. The van der Waals surface area contributed by atoms with Crippen molar-refractivity contribution in [3.63, 3.8) is 0 Å². The van der Waals surface area contributed by atoms with Crippen molar-refractivity contribution >= 4 is 11.6 Å². The molecule has 0 radical (unpaired) electrons. The van der Waals surface area contributed by atoms with Gasteiger partial charge in [-0.3, -0.25) is 9.69 Å². The number of nitrogens with two attached hydrogens (primary N) is 1. The van der Waals surface area contributed by atoms with E-state index in [2.05, 4.69) is 67.7 Å². The zero-order chi connectivity index (χ0) is 18.6. The lowest BCUT2D eigenvalue weighted by molar-refractivity contribution is 0.0996. The van der Waals surface area contributed by atoms with Crippen LogP contribution in [0.5, 0.6) is 0 Å². The number of aromatic nitrogens is 3. The Hall–Kier alpha value is -3.19. The molecule has 2 aromatic carbocycles. The quantitative estimate of drug-likeness (QED) is 0.723. The molecule has 1 aliphatic heterocycles. The number of nitrogens with one attached hydrogen (secondary N) is 1. The van der Waals surface area contributed by atoms with Gasteiger partial charge in [-0.2, -0.15) is 15.4 Å². The number of carbonyl (C=O) groups excluding carboxylic acids is 1. The number of hydrogen-bond acceptors (Lipinski definition) is 5. The van der Waals surface area contributed by atoms with E-state index in [4.69, 9.17) is 5.73 Å². The number of amides is 1. The fourth-order valence-electron chi connectivity index (χ4n) is 3.44. The van der Waals surface area contributed by atoms with Crippen molar-refractivity contribution in [2.75, 3.05) is 31.1 Å². The van der Waals surface area contributed by atoms with E-state index in [9.17, 15) is 4.79 Å². The Morgan fingerprint density at radius 2 is 1.67 bits per heavy atom. The Morgan fingerprint density at radius 1 is 0.963 bits per heavy atom. The molecule has 7 nitrogen and oxygen atoms in total. The first-order chi connectivity index (χ1) is 13.2. The summed E-state index contributed by atoms with van der Waals surface area (Å²) in [4.78, 5) is 16.3. The van der Waals surface area contributed by atoms with Gasteiger partial charge in [0.1, 0.15) is 5.69 Å². The van der Waals surface area contributed by atoms with Gasteiger partial charge in [0.05, 0.1) is 0 Å². The number of primary amides is 1. The Bertz CT molecular complexity index is 898. The molecule has 1 fully saturated rings. The lowest BCUT2D eigenvalue weighted by atomic mass is 10.1. The van der Waals surface area contributed by atoms with Crippen molar-refractivity contribution in [2.45, 2.75) is 6.54 Å². The standard InChI is InChI=1S/C20H22N6O/c21-20(27)19-18(22-24-23-19)16-6-8-17(9-7-16)26-12-10-25(11-13-26)14-15-4-2-1-3-5-15/h1-9H,10-14H2,(H2,21,27)(H,22,23,24). The van der Waals surface area contributed by atoms with Crippen LogP contribution in [0.15, 0.2) is 54.6 Å². The van der Waals surface area contributed by atoms with Crippen LogP contribution in [0.3, 0.4) is 0 Å². The molecule has 1 aromatic heterocycles. The zero-order valence-corrected chi connectivity index (χ0v) is 15.0. The van der Waals surface area contributed by atoms with Crippen LogP contribution in [0.4, 0.5) is 5.69 Å². The van der Waals surface area contributed by atoms with Crippen LogP contribution >= 0.6 is 0 Å². The molecular formula is C20H22N6O. The van der Waals surface area contributed by atoms with Crippen molar-refractivity contribution in [1.29, 1.82) is 0 Å². The van der Waals surface area contributed by atoms with Gasteiger partial charge in [0.2, 0.25) is 0 Å². The average Bonchev–Trinajstić information content (AvgIpc) is 3.20. The van der Waals surface area contributed by atoms with E-state index >= 15 is 0 Å². The first-order valence-electron chi connectivity index (χ1n) is 9.03. The van der Waals surface area contributed by atoms with Gasteiger partial charge in [-0.1, -0.05) is 42.5 Å². The molecule has 2 heterocycles. The fraction of sp³-hybridized carbons (Fsp3) is 0.250. The predicted octanol–water partition coefficient (Wildman–Crippen LogP) is 1.89. The van der Waals surface area contributed by atoms with E-state index < -0.39 is 5.91 Å². The maximum absolute atomic E-state index is 11.4. The Balaban J connectivity index is 1.39. The Labute approximate surface area is 157 Å². The summed E-state index contributed by atoms with van der Waals surface area (Å²) in [6.45, 7) is 5.04. The van der Waals surface area contributed by atoms with Crippen molar-refractivity contribution in [3.05, 3.63) is 65.9 Å². The Kier molecular flexibility index (Phi) is 4.84. The first-order valence-corrected chi connectivity index (χ1v) is 9.03. The smallest absolute Gasteiger partial charge is 0.271 e. The van der Waals surface area contributed by atoms with Crippen LogP contribution in [0.1, 0.15) is 16.1 Å². The number of H-pyrrole nitrogens is 1. The molecule has 0 atom stereocenters.